The molecule has 3 nitrogen and oxygen atoms in total. The summed E-state index contributed by atoms with van der Waals surface area (Å²) in [6, 6.07) is 1.66. The number of benzene rings is 1. The van der Waals surface area contributed by atoms with E-state index in [1.54, 1.807) is 0 Å². The molecule has 3 aliphatic rings. The molecule has 4 rings (SSSR count). The van der Waals surface area contributed by atoms with Crippen LogP contribution in [0, 0.1) is 0 Å². The van der Waals surface area contributed by atoms with Crippen molar-refractivity contribution in [3.05, 3.63) is 28.8 Å². The maximum atomic E-state index is 13.5. The largest absolute Gasteiger partial charge is 1.00 e. The van der Waals surface area contributed by atoms with E-state index in [1.165, 1.54) is 64.2 Å². The first kappa shape index (κ1) is 26.9. The molecule has 1 unspecified atom stereocenters. The van der Waals surface area contributed by atoms with Gasteiger partial charge in [0.25, 0.3) is 0 Å². The Morgan fingerprint density at radius 2 is 1.38 bits per heavy atom. The molecular weight excluding hydrogens is 467 g/mol. The quantitative estimate of drug-likeness (QED) is 0.362. The molecule has 0 amide bonds. The van der Waals surface area contributed by atoms with Crippen LogP contribution in [0.15, 0.2) is 17.0 Å². The summed E-state index contributed by atoms with van der Waals surface area (Å²) in [4.78, 5) is -0.657. The van der Waals surface area contributed by atoms with Gasteiger partial charge in [0.1, 0.15) is 10.1 Å². The topological polar surface area (TPSA) is 57.2 Å². The maximum Gasteiger partial charge on any atom is 1.00 e. The van der Waals surface area contributed by atoms with Gasteiger partial charge in [-0.1, -0.05) is 46.4 Å². The number of hydrogen-bond acceptors (Lipinski definition) is 3. The summed E-state index contributed by atoms with van der Waals surface area (Å²) < 4.78 is 75.7. The van der Waals surface area contributed by atoms with E-state index in [9.17, 15) is 26.1 Å². The molecular formula is C23H31F3NaO3PS. The smallest absolute Gasteiger partial charge is 0.744 e. The molecule has 1 aromatic rings. The van der Waals surface area contributed by atoms with Gasteiger partial charge < -0.3 is 4.55 Å². The van der Waals surface area contributed by atoms with Crippen LogP contribution in [-0.2, 0) is 29.1 Å². The van der Waals surface area contributed by atoms with Crippen molar-refractivity contribution >= 4 is 18.0 Å². The van der Waals surface area contributed by atoms with Gasteiger partial charge in [-0.15, -0.1) is 0 Å². The zero-order valence-electron chi connectivity index (χ0n) is 18.8. The van der Waals surface area contributed by atoms with Crippen LogP contribution in [0.25, 0.3) is 0 Å². The monoisotopic (exact) mass is 498 g/mol. The van der Waals surface area contributed by atoms with Gasteiger partial charge in [0, 0.05) is 0 Å². The Morgan fingerprint density at radius 3 is 1.84 bits per heavy atom. The summed E-state index contributed by atoms with van der Waals surface area (Å²) in [7, 11) is -5.27. The third kappa shape index (κ3) is 6.12. The van der Waals surface area contributed by atoms with Gasteiger partial charge in [-0.3, -0.25) is 0 Å². The van der Waals surface area contributed by atoms with E-state index in [-0.39, 0.29) is 37.5 Å². The molecule has 0 spiro atoms. The van der Waals surface area contributed by atoms with Gasteiger partial charge in [0.2, 0.25) is 0 Å². The maximum absolute atomic E-state index is 13.5. The van der Waals surface area contributed by atoms with E-state index in [2.05, 4.69) is 0 Å². The fourth-order valence-electron chi connectivity index (χ4n) is 6.13. The van der Waals surface area contributed by atoms with Crippen LogP contribution in [-0.4, -0.2) is 29.9 Å². The number of alkyl halides is 3. The average molecular weight is 499 g/mol. The Balaban J connectivity index is 0.00000289. The number of fused-ring (bicyclic) bond motifs is 1. The van der Waals surface area contributed by atoms with Gasteiger partial charge in [-0.05, 0) is 85.2 Å². The van der Waals surface area contributed by atoms with E-state index in [4.69, 9.17) is 0 Å². The van der Waals surface area contributed by atoms with Crippen molar-refractivity contribution in [1.82, 2.24) is 0 Å². The van der Waals surface area contributed by atoms with Crippen LogP contribution >= 0.6 is 7.92 Å². The van der Waals surface area contributed by atoms with Crippen molar-refractivity contribution in [3.63, 3.8) is 0 Å². The van der Waals surface area contributed by atoms with E-state index in [0.717, 1.165) is 12.5 Å². The summed E-state index contributed by atoms with van der Waals surface area (Å²) in [6.45, 7) is 0. The normalized spacial score (nSPS) is 23.6. The molecule has 0 aromatic heterocycles. The second-order valence-corrected chi connectivity index (χ2v) is 13.9. The zero-order chi connectivity index (χ0) is 22.2. The Morgan fingerprint density at radius 1 is 0.844 bits per heavy atom. The van der Waals surface area contributed by atoms with Crippen molar-refractivity contribution < 1.29 is 55.7 Å². The van der Waals surface area contributed by atoms with E-state index >= 15 is 0 Å². The summed E-state index contributed by atoms with van der Waals surface area (Å²) in [5.74, 6) is 0. The van der Waals surface area contributed by atoms with Crippen LogP contribution in [0.1, 0.15) is 87.3 Å². The molecule has 1 aromatic carbocycles. The molecule has 1 atom stereocenters. The minimum atomic E-state index is -4.95. The Labute approximate surface area is 213 Å². The minimum absolute atomic E-state index is 0. The van der Waals surface area contributed by atoms with Gasteiger partial charge in [0.15, 0.2) is 0 Å². The van der Waals surface area contributed by atoms with E-state index < -0.39 is 26.8 Å². The van der Waals surface area contributed by atoms with Crippen LogP contribution in [0.4, 0.5) is 13.2 Å². The summed E-state index contributed by atoms with van der Waals surface area (Å²) in [5, 5.41) is 0. The third-order valence-corrected chi connectivity index (χ3v) is 12.4. The predicted octanol–water partition coefficient (Wildman–Crippen LogP) is 3.62. The summed E-state index contributed by atoms with van der Waals surface area (Å²) in [6.07, 6.45) is 9.46. The Bertz CT molecular complexity index is 876. The number of hydrogen-bond donors (Lipinski definition) is 0. The first-order valence-electron chi connectivity index (χ1n) is 11.6. The Hall–Kier alpha value is 0.350. The summed E-state index contributed by atoms with van der Waals surface area (Å²) >= 11 is 0. The van der Waals surface area contributed by atoms with Crippen LogP contribution < -0.4 is 29.6 Å². The molecule has 174 valence electrons. The fourth-order valence-corrected chi connectivity index (χ4v) is 11.5. The standard InChI is InChI=1S/C23H32F3O3PS.Na/c24-23(25,26)17-13-16-14-20(11-12-21(16)22(15-17)31(27,28)29)30(18-7-3-1-4-8-18)19-9-5-2-6-10-19;/h13,15,18-20H,1-12,14H2,(H,27,28,29);/q;+1/p-1. The van der Waals surface area contributed by atoms with Gasteiger partial charge in [0.05, 0.1) is 10.5 Å². The second kappa shape index (κ2) is 11.0. The molecule has 2 fully saturated rings. The second-order valence-electron chi connectivity index (χ2n) is 9.49. The zero-order valence-corrected chi connectivity index (χ0v) is 22.5. The molecule has 0 heterocycles. The van der Waals surface area contributed by atoms with E-state index in [0.29, 0.717) is 47.0 Å². The molecule has 9 heteroatoms. The van der Waals surface area contributed by atoms with Crippen LogP contribution in [0.2, 0.25) is 0 Å². The van der Waals surface area contributed by atoms with E-state index in [1.807, 2.05) is 0 Å². The fraction of sp³-hybridized carbons (Fsp3) is 0.739. The van der Waals surface area contributed by atoms with Crippen molar-refractivity contribution in [3.8, 4) is 0 Å². The van der Waals surface area contributed by atoms with Crippen LogP contribution in [0.5, 0.6) is 0 Å². The van der Waals surface area contributed by atoms with Crippen LogP contribution in [0.3, 0.4) is 0 Å². The molecule has 2 saturated carbocycles. The molecule has 32 heavy (non-hydrogen) atoms. The van der Waals surface area contributed by atoms with Crippen molar-refractivity contribution in [2.24, 2.45) is 0 Å². The molecule has 0 saturated heterocycles. The minimum Gasteiger partial charge on any atom is -0.744 e. The molecule has 0 bridgehead atoms. The molecule has 0 radical (unpaired) electrons. The van der Waals surface area contributed by atoms with Gasteiger partial charge in [-0.2, -0.15) is 13.2 Å². The van der Waals surface area contributed by atoms with Gasteiger partial charge >= 0.3 is 35.7 Å². The molecule has 3 aliphatic carbocycles. The third-order valence-electron chi connectivity index (χ3n) is 7.50. The van der Waals surface area contributed by atoms with Crippen molar-refractivity contribution in [2.45, 2.75) is 112 Å². The Kier molecular flexibility index (Phi) is 9.22. The summed E-state index contributed by atoms with van der Waals surface area (Å²) in [5.41, 5.74) is 1.47. The first-order chi connectivity index (χ1) is 14.6. The predicted molar refractivity (Wildman–Crippen MR) is 116 cm³/mol. The average Bonchev–Trinajstić information content (AvgIpc) is 2.73. The van der Waals surface area contributed by atoms with Crippen molar-refractivity contribution in [1.29, 1.82) is 0 Å². The molecule has 0 aliphatic heterocycles. The molecule has 0 N–H and O–H groups in total. The SMILES string of the molecule is O=S(=O)([O-])c1cc(C(F)(F)F)cc2c1CCC(P(C1CCCCC1)C1CCCCC1)C2.[Na+]. The number of rotatable bonds is 4. The number of halogens is 3. The first-order valence-corrected chi connectivity index (χ1v) is 14.6. The van der Waals surface area contributed by atoms with Crippen molar-refractivity contribution in [2.75, 3.05) is 0 Å². The van der Waals surface area contributed by atoms with Gasteiger partial charge in [-0.25, -0.2) is 8.42 Å².